The van der Waals surface area contributed by atoms with E-state index in [4.69, 9.17) is 21.1 Å². The van der Waals surface area contributed by atoms with Crippen LogP contribution in [0.1, 0.15) is 35.3 Å². The summed E-state index contributed by atoms with van der Waals surface area (Å²) in [6, 6.07) is 14.5. The third-order valence-corrected chi connectivity index (χ3v) is 6.07. The number of nitrogens with zero attached hydrogens (tertiary/aromatic N) is 2. The minimum Gasteiger partial charge on any atom is -0.464 e. The molecule has 0 aromatic heterocycles. The summed E-state index contributed by atoms with van der Waals surface area (Å²) in [7, 11) is 0. The molecule has 172 valence electrons. The van der Waals surface area contributed by atoms with Gasteiger partial charge in [0, 0.05) is 22.7 Å². The van der Waals surface area contributed by atoms with Crippen LogP contribution in [0.15, 0.2) is 65.4 Å². The van der Waals surface area contributed by atoms with Crippen LogP contribution in [-0.4, -0.2) is 41.9 Å². The van der Waals surface area contributed by atoms with Gasteiger partial charge in [0.15, 0.2) is 11.8 Å². The first-order valence-electron chi connectivity index (χ1n) is 10.8. The number of ketones is 1. The number of benzene rings is 2. The molecule has 0 spiro atoms. The number of carbonyl (C=O) groups is 3. The fourth-order valence-electron chi connectivity index (χ4n) is 4.34. The van der Waals surface area contributed by atoms with E-state index in [9.17, 15) is 19.6 Å². The summed E-state index contributed by atoms with van der Waals surface area (Å²) in [5.74, 6) is -1.87. The van der Waals surface area contributed by atoms with Crippen molar-refractivity contribution in [2.24, 2.45) is 0 Å². The molecule has 2 aromatic carbocycles. The molecule has 1 aliphatic heterocycles. The monoisotopic (exact) mass is 476 g/mol. The summed E-state index contributed by atoms with van der Waals surface area (Å²) in [5, 5.41) is 10.6. The van der Waals surface area contributed by atoms with Gasteiger partial charge in [-0.15, -0.1) is 0 Å². The minimum atomic E-state index is -1.30. The summed E-state index contributed by atoms with van der Waals surface area (Å²) in [6.45, 7) is 3.43. The Labute approximate surface area is 201 Å². The highest BCUT2D eigenvalue weighted by molar-refractivity contribution is 6.32. The molecule has 1 atom stereocenters. The second kappa shape index (κ2) is 9.54. The van der Waals surface area contributed by atoms with Crippen LogP contribution in [0.3, 0.4) is 0 Å². The topological polar surface area (TPSA) is 96.7 Å². The van der Waals surface area contributed by atoms with Gasteiger partial charge in [-0.2, -0.15) is 5.26 Å². The smallest absolute Gasteiger partial charge is 0.337 e. The van der Waals surface area contributed by atoms with Crippen molar-refractivity contribution >= 4 is 34.9 Å². The highest BCUT2D eigenvalue weighted by Crippen LogP contribution is 2.47. The van der Waals surface area contributed by atoms with Crippen LogP contribution in [0.5, 0.6) is 0 Å². The van der Waals surface area contributed by atoms with Crippen molar-refractivity contribution in [3.8, 4) is 6.07 Å². The molecule has 0 saturated heterocycles. The number of fused-ring (bicyclic) bond motifs is 3. The molecule has 4 rings (SSSR count). The number of allylic oxidation sites excluding steroid dienone is 3. The van der Waals surface area contributed by atoms with Crippen molar-refractivity contribution in [3.63, 3.8) is 0 Å². The maximum absolute atomic E-state index is 13.4. The van der Waals surface area contributed by atoms with Crippen LogP contribution in [0.4, 0.5) is 0 Å². The van der Waals surface area contributed by atoms with Gasteiger partial charge in [-0.1, -0.05) is 54.1 Å². The number of carbonyl (C=O) groups excluding carboxylic acids is 3. The standard InChI is InChI=1S/C26H21ClN2O5/c1-3-33-25(31)22-20-16-10-6-7-11-17(16)24(30)21(20)19(13-28)29(23(22)26(32)34-4-2)14-15-9-5-8-12-18(15)27/h5-12,23H,3-4,14H2,1-2H3. The number of Topliss-reactive ketones (excluding diaryl/α,β-unsaturated/α-hetero) is 1. The molecule has 0 fully saturated rings. The Kier molecular flexibility index (Phi) is 6.53. The first kappa shape index (κ1) is 23.3. The molecule has 7 nitrogen and oxygen atoms in total. The van der Waals surface area contributed by atoms with Gasteiger partial charge in [-0.25, -0.2) is 9.59 Å². The predicted molar refractivity (Wildman–Crippen MR) is 124 cm³/mol. The van der Waals surface area contributed by atoms with E-state index in [1.54, 1.807) is 62.4 Å². The quantitative estimate of drug-likeness (QED) is 0.579. The Morgan fingerprint density at radius 3 is 2.29 bits per heavy atom. The summed E-state index contributed by atoms with van der Waals surface area (Å²) >= 11 is 6.37. The number of hydrogen-bond acceptors (Lipinski definition) is 7. The summed E-state index contributed by atoms with van der Waals surface area (Å²) in [5.41, 5.74) is 1.70. The van der Waals surface area contributed by atoms with Gasteiger partial charge in [0.25, 0.3) is 0 Å². The van der Waals surface area contributed by atoms with Crippen molar-refractivity contribution in [2.75, 3.05) is 13.2 Å². The third kappa shape index (κ3) is 3.76. The summed E-state index contributed by atoms with van der Waals surface area (Å²) < 4.78 is 10.6. The number of halogens is 1. The van der Waals surface area contributed by atoms with Gasteiger partial charge in [0.2, 0.25) is 0 Å². The van der Waals surface area contributed by atoms with Gasteiger partial charge < -0.3 is 14.4 Å². The largest absolute Gasteiger partial charge is 0.464 e. The lowest BCUT2D eigenvalue weighted by molar-refractivity contribution is -0.151. The zero-order valence-corrected chi connectivity index (χ0v) is 19.4. The van der Waals surface area contributed by atoms with E-state index in [1.165, 1.54) is 4.90 Å². The van der Waals surface area contributed by atoms with Crippen LogP contribution >= 0.6 is 11.6 Å². The molecule has 0 saturated carbocycles. The maximum Gasteiger partial charge on any atom is 0.337 e. The number of nitriles is 1. The molecular weight excluding hydrogens is 456 g/mol. The average molecular weight is 477 g/mol. The molecule has 0 radical (unpaired) electrons. The normalized spacial score (nSPS) is 16.7. The molecule has 0 bridgehead atoms. The molecule has 0 amide bonds. The van der Waals surface area contributed by atoms with E-state index < -0.39 is 23.8 Å². The van der Waals surface area contributed by atoms with Crippen LogP contribution in [0.25, 0.3) is 5.57 Å². The van der Waals surface area contributed by atoms with Gasteiger partial charge in [-0.05, 0) is 31.0 Å². The van der Waals surface area contributed by atoms with Crippen molar-refractivity contribution < 1.29 is 23.9 Å². The lowest BCUT2D eigenvalue weighted by Gasteiger charge is -2.37. The fraction of sp³-hybridized carbons (Fsp3) is 0.231. The molecule has 0 N–H and O–H groups in total. The number of rotatable bonds is 6. The zero-order valence-electron chi connectivity index (χ0n) is 18.6. The van der Waals surface area contributed by atoms with Gasteiger partial charge >= 0.3 is 11.9 Å². The lowest BCUT2D eigenvalue weighted by atomic mass is 9.87. The van der Waals surface area contributed by atoms with Gasteiger partial charge in [-0.3, -0.25) is 4.79 Å². The second-order valence-corrected chi connectivity index (χ2v) is 8.00. The summed E-state index contributed by atoms with van der Waals surface area (Å²) in [6.07, 6.45) is 0. The van der Waals surface area contributed by atoms with E-state index in [2.05, 4.69) is 6.07 Å². The predicted octanol–water partition coefficient (Wildman–Crippen LogP) is 4.08. The highest BCUT2D eigenvalue weighted by Gasteiger charge is 2.49. The first-order chi connectivity index (χ1) is 16.4. The Hall–Kier alpha value is -3.89. The van der Waals surface area contributed by atoms with Gasteiger partial charge in [0.1, 0.15) is 11.8 Å². The number of hydrogen-bond donors (Lipinski definition) is 0. The average Bonchev–Trinajstić information content (AvgIpc) is 3.12. The molecule has 8 heteroatoms. The molecule has 34 heavy (non-hydrogen) atoms. The second-order valence-electron chi connectivity index (χ2n) is 7.59. The zero-order chi connectivity index (χ0) is 24.4. The third-order valence-electron chi connectivity index (χ3n) is 5.71. The van der Waals surface area contributed by atoms with E-state index in [0.29, 0.717) is 21.7 Å². The van der Waals surface area contributed by atoms with Crippen LogP contribution in [0, 0.1) is 11.3 Å². The Bertz CT molecular complexity index is 1300. The van der Waals surface area contributed by atoms with Crippen molar-refractivity contribution in [3.05, 3.63) is 87.1 Å². The molecule has 1 aliphatic carbocycles. The van der Waals surface area contributed by atoms with E-state index >= 15 is 0 Å². The van der Waals surface area contributed by atoms with Gasteiger partial charge in [0.05, 0.1) is 24.4 Å². The number of ether oxygens (including phenoxy) is 2. The summed E-state index contributed by atoms with van der Waals surface area (Å²) in [4.78, 5) is 41.4. The minimum absolute atomic E-state index is 0.00461. The Morgan fingerprint density at radius 2 is 1.65 bits per heavy atom. The molecule has 1 unspecified atom stereocenters. The fourth-order valence-corrected chi connectivity index (χ4v) is 4.54. The molecule has 2 aliphatic rings. The van der Waals surface area contributed by atoms with E-state index in [0.717, 1.165) is 0 Å². The Balaban J connectivity index is 2.03. The van der Waals surface area contributed by atoms with Crippen molar-refractivity contribution in [2.45, 2.75) is 26.4 Å². The van der Waals surface area contributed by atoms with E-state index in [-0.39, 0.29) is 42.2 Å². The van der Waals surface area contributed by atoms with E-state index in [1.807, 2.05) is 0 Å². The van der Waals surface area contributed by atoms with Crippen molar-refractivity contribution in [1.82, 2.24) is 4.90 Å². The number of esters is 2. The molecule has 1 heterocycles. The molecule has 2 aromatic rings. The molecular formula is C26H21ClN2O5. The highest BCUT2D eigenvalue weighted by atomic mass is 35.5. The lowest BCUT2D eigenvalue weighted by Crippen LogP contribution is -2.47. The Morgan fingerprint density at radius 1 is 1.00 bits per heavy atom. The SMILES string of the molecule is CCOC(=O)C1=C2C(=C(C#N)N(Cc3ccccc3Cl)C1C(=O)OCC)C(=O)c1ccccc12. The van der Waals surface area contributed by atoms with Crippen molar-refractivity contribution in [1.29, 1.82) is 5.26 Å². The first-order valence-corrected chi connectivity index (χ1v) is 11.2. The maximum atomic E-state index is 13.4. The van der Waals surface area contributed by atoms with Crippen LogP contribution in [0.2, 0.25) is 5.02 Å². The van der Waals surface area contributed by atoms with Crippen LogP contribution < -0.4 is 0 Å². The van der Waals surface area contributed by atoms with Crippen LogP contribution in [-0.2, 0) is 25.6 Å².